The van der Waals surface area contributed by atoms with Crippen LogP contribution in [0.3, 0.4) is 0 Å². The van der Waals surface area contributed by atoms with Crippen molar-refractivity contribution in [1.29, 1.82) is 0 Å². The number of halogens is 1. The summed E-state index contributed by atoms with van der Waals surface area (Å²) in [5.41, 5.74) is 2.65. The lowest BCUT2D eigenvalue weighted by atomic mass is 10.1. The van der Waals surface area contributed by atoms with Crippen LogP contribution in [0.1, 0.15) is 21.5 Å². The lowest BCUT2D eigenvalue weighted by Gasteiger charge is -2.13. The van der Waals surface area contributed by atoms with Gasteiger partial charge in [-0.05, 0) is 43.4 Å². The number of amides is 1. The van der Waals surface area contributed by atoms with Crippen molar-refractivity contribution in [2.45, 2.75) is 13.1 Å². The van der Waals surface area contributed by atoms with E-state index >= 15 is 0 Å². The van der Waals surface area contributed by atoms with Gasteiger partial charge in [-0.1, -0.05) is 41.9 Å². The third-order valence-corrected chi connectivity index (χ3v) is 4.49. The first-order valence-corrected chi connectivity index (χ1v) is 9.57. The van der Waals surface area contributed by atoms with Crippen molar-refractivity contribution in [3.05, 3.63) is 70.2 Å². The molecule has 0 aliphatic heterocycles. The van der Waals surface area contributed by atoms with Gasteiger partial charge in [0.25, 0.3) is 5.91 Å². The number of nitrogens with zero attached hydrogens (tertiary/aromatic N) is 2. The Morgan fingerprint density at radius 1 is 1.04 bits per heavy atom. The summed E-state index contributed by atoms with van der Waals surface area (Å²) in [7, 11) is 5.67. The molecule has 2 rings (SSSR count). The molecule has 0 aliphatic carbocycles. The monoisotopic (exact) mass is 401 g/mol. The molecular formula is C21H28ClN5O. The molecule has 7 heteroatoms. The minimum absolute atomic E-state index is 0.0649. The van der Waals surface area contributed by atoms with Crippen molar-refractivity contribution < 1.29 is 4.79 Å². The van der Waals surface area contributed by atoms with E-state index < -0.39 is 0 Å². The van der Waals surface area contributed by atoms with Gasteiger partial charge in [0.1, 0.15) is 0 Å². The summed E-state index contributed by atoms with van der Waals surface area (Å²) in [6.07, 6.45) is 0. The molecule has 0 radical (unpaired) electrons. The fourth-order valence-electron chi connectivity index (χ4n) is 2.54. The molecule has 150 valence electrons. The number of hydrogen-bond donors (Lipinski definition) is 3. The molecule has 0 heterocycles. The number of rotatable bonds is 8. The lowest BCUT2D eigenvalue weighted by Crippen LogP contribution is -2.36. The van der Waals surface area contributed by atoms with Crippen LogP contribution in [0.25, 0.3) is 0 Å². The number of nitrogens with one attached hydrogen (secondary N) is 3. The van der Waals surface area contributed by atoms with E-state index in [-0.39, 0.29) is 5.91 Å². The Morgan fingerprint density at radius 2 is 1.79 bits per heavy atom. The largest absolute Gasteiger partial charge is 0.352 e. The molecule has 2 aromatic rings. The number of guanidine groups is 1. The van der Waals surface area contributed by atoms with Crippen LogP contribution >= 0.6 is 11.6 Å². The first kappa shape index (κ1) is 21.7. The number of benzene rings is 2. The number of likely N-dealkylation sites (N-methyl/N-ethyl adjacent to an activating group) is 1. The first-order chi connectivity index (χ1) is 13.5. The van der Waals surface area contributed by atoms with Crippen LogP contribution < -0.4 is 16.0 Å². The van der Waals surface area contributed by atoms with Crippen molar-refractivity contribution >= 4 is 23.5 Å². The molecule has 0 spiro atoms. The van der Waals surface area contributed by atoms with Crippen molar-refractivity contribution in [2.24, 2.45) is 4.99 Å². The first-order valence-electron chi connectivity index (χ1n) is 9.19. The van der Waals surface area contributed by atoms with Gasteiger partial charge in [0, 0.05) is 43.8 Å². The highest BCUT2D eigenvalue weighted by molar-refractivity contribution is 6.31. The van der Waals surface area contributed by atoms with Crippen LogP contribution in [-0.4, -0.2) is 51.0 Å². The average Bonchev–Trinajstić information content (AvgIpc) is 2.69. The number of carbonyl (C=O) groups is 1. The molecule has 0 bridgehead atoms. The Hall–Kier alpha value is -2.57. The van der Waals surface area contributed by atoms with Gasteiger partial charge in [0.15, 0.2) is 5.96 Å². The fraction of sp³-hybridized carbons (Fsp3) is 0.333. The molecule has 2 aromatic carbocycles. The number of aliphatic imine (C=N–C) groups is 1. The van der Waals surface area contributed by atoms with Gasteiger partial charge >= 0.3 is 0 Å². The Balaban J connectivity index is 1.87. The van der Waals surface area contributed by atoms with E-state index in [4.69, 9.17) is 11.6 Å². The van der Waals surface area contributed by atoms with E-state index in [1.54, 1.807) is 7.05 Å². The quantitative estimate of drug-likeness (QED) is 0.469. The zero-order chi connectivity index (χ0) is 20.4. The minimum atomic E-state index is -0.0649. The second-order valence-electron chi connectivity index (χ2n) is 6.63. The van der Waals surface area contributed by atoms with Crippen LogP contribution in [0.2, 0.25) is 5.02 Å². The lowest BCUT2D eigenvalue weighted by molar-refractivity contribution is 0.0951. The SMILES string of the molecule is CN=C(NCc1cccc(C(=O)NCCN(C)C)c1)NCc1ccccc1Cl. The Bertz CT molecular complexity index is 807. The predicted octanol–water partition coefficient (Wildman–Crippen LogP) is 2.50. The summed E-state index contributed by atoms with van der Waals surface area (Å²) in [5.74, 6) is 0.602. The summed E-state index contributed by atoms with van der Waals surface area (Å²) < 4.78 is 0. The van der Waals surface area contributed by atoms with Gasteiger partial charge in [0.05, 0.1) is 0 Å². The predicted molar refractivity (Wildman–Crippen MR) is 116 cm³/mol. The second kappa shape index (κ2) is 11.3. The Labute approximate surface area is 172 Å². The maximum absolute atomic E-state index is 12.3. The molecule has 0 aromatic heterocycles. The standard InChI is InChI=1S/C21H28ClN5O/c1-23-21(26-15-18-8-4-5-10-19(18)22)25-14-16-7-6-9-17(13-16)20(28)24-11-12-27(2)3/h4-10,13H,11-12,14-15H2,1-3H3,(H,24,28)(H2,23,25,26). The summed E-state index contributed by atoms with van der Waals surface area (Å²) in [4.78, 5) is 18.5. The highest BCUT2D eigenvalue weighted by atomic mass is 35.5. The minimum Gasteiger partial charge on any atom is -0.352 e. The second-order valence-corrected chi connectivity index (χ2v) is 7.04. The molecule has 1 amide bonds. The zero-order valence-electron chi connectivity index (χ0n) is 16.6. The average molecular weight is 402 g/mol. The van der Waals surface area contributed by atoms with Gasteiger partial charge in [-0.2, -0.15) is 0 Å². The van der Waals surface area contributed by atoms with E-state index in [0.29, 0.717) is 31.2 Å². The third-order valence-electron chi connectivity index (χ3n) is 4.12. The summed E-state index contributed by atoms with van der Waals surface area (Å²) in [6, 6.07) is 15.3. The van der Waals surface area contributed by atoms with Crippen molar-refractivity contribution in [1.82, 2.24) is 20.9 Å². The summed E-state index contributed by atoms with van der Waals surface area (Å²) in [5, 5.41) is 10.1. The smallest absolute Gasteiger partial charge is 0.251 e. The van der Waals surface area contributed by atoms with Crippen LogP contribution in [0, 0.1) is 0 Å². The van der Waals surface area contributed by atoms with E-state index in [9.17, 15) is 4.79 Å². The van der Waals surface area contributed by atoms with Crippen molar-refractivity contribution in [3.8, 4) is 0 Å². The van der Waals surface area contributed by atoms with Crippen LogP contribution in [0.5, 0.6) is 0 Å². The van der Waals surface area contributed by atoms with Crippen molar-refractivity contribution in [2.75, 3.05) is 34.2 Å². The molecule has 6 nitrogen and oxygen atoms in total. The summed E-state index contributed by atoms with van der Waals surface area (Å²) in [6.45, 7) is 2.56. The van der Waals surface area contributed by atoms with Gasteiger partial charge in [-0.15, -0.1) is 0 Å². The Morgan fingerprint density at radius 3 is 2.50 bits per heavy atom. The topological polar surface area (TPSA) is 68.8 Å². The van der Waals surface area contributed by atoms with Crippen LogP contribution in [0.4, 0.5) is 0 Å². The van der Waals surface area contributed by atoms with E-state index in [1.165, 1.54) is 0 Å². The molecule has 28 heavy (non-hydrogen) atoms. The molecule has 0 unspecified atom stereocenters. The van der Waals surface area contributed by atoms with E-state index in [1.807, 2.05) is 67.5 Å². The maximum Gasteiger partial charge on any atom is 0.251 e. The highest BCUT2D eigenvalue weighted by Gasteiger charge is 2.07. The van der Waals surface area contributed by atoms with E-state index in [2.05, 4.69) is 20.9 Å². The van der Waals surface area contributed by atoms with E-state index in [0.717, 1.165) is 22.7 Å². The molecule has 0 atom stereocenters. The fourth-order valence-corrected chi connectivity index (χ4v) is 2.75. The maximum atomic E-state index is 12.3. The van der Waals surface area contributed by atoms with Gasteiger partial charge in [-0.3, -0.25) is 9.79 Å². The molecular weight excluding hydrogens is 374 g/mol. The van der Waals surface area contributed by atoms with Gasteiger partial charge in [0.2, 0.25) is 0 Å². The van der Waals surface area contributed by atoms with Crippen LogP contribution in [0.15, 0.2) is 53.5 Å². The number of carbonyl (C=O) groups excluding carboxylic acids is 1. The summed E-state index contributed by atoms with van der Waals surface area (Å²) >= 11 is 6.18. The number of hydrogen-bond acceptors (Lipinski definition) is 3. The molecule has 0 aliphatic rings. The third kappa shape index (κ3) is 7.21. The zero-order valence-corrected chi connectivity index (χ0v) is 17.4. The molecule has 0 fully saturated rings. The van der Waals surface area contributed by atoms with Crippen LogP contribution in [-0.2, 0) is 13.1 Å². The van der Waals surface area contributed by atoms with Gasteiger partial charge in [-0.25, -0.2) is 0 Å². The molecule has 0 saturated carbocycles. The van der Waals surface area contributed by atoms with Gasteiger partial charge < -0.3 is 20.9 Å². The highest BCUT2D eigenvalue weighted by Crippen LogP contribution is 2.14. The Kier molecular flexibility index (Phi) is 8.78. The van der Waals surface area contributed by atoms with Crippen molar-refractivity contribution in [3.63, 3.8) is 0 Å². The normalized spacial score (nSPS) is 11.4. The molecule has 3 N–H and O–H groups in total. The molecule has 0 saturated heterocycles.